The number of ether oxygens (including phenoxy) is 1. The van der Waals surface area contributed by atoms with Crippen LogP contribution in [0, 0.1) is 0 Å². The van der Waals surface area contributed by atoms with Crippen molar-refractivity contribution in [3.05, 3.63) is 35.9 Å². The van der Waals surface area contributed by atoms with Gasteiger partial charge in [0.1, 0.15) is 0 Å². The average molecular weight is 219 g/mol. The van der Waals surface area contributed by atoms with Crippen LogP contribution < -0.4 is 0 Å². The molecule has 0 saturated carbocycles. The fraction of sp³-hybridized carbons (Fsp3) is 0.333. The largest absolute Gasteiger partial charge is 0.461 e. The Morgan fingerprint density at radius 2 is 2.25 bits per heavy atom. The lowest BCUT2D eigenvalue weighted by Crippen LogP contribution is -2.16. The summed E-state index contributed by atoms with van der Waals surface area (Å²) in [5, 5.41) is 3.75. The molecule has 0 radical (unpaired) electrons. The highest BCUT2D eigenvalue weighted by atomic mass is 16.6. The van der Waals surface area contributed by atoms with Crippen LogP contribution in [-0.4, -0.2) is 18.3 Å². The average Bonchev–Trinajstić information content (AvgIpc) is 2.80. The van der Waals surface area contributed by atoms with Gasteiger partial charge in [-0.3, -0.25) is 0 Å². The Balaban J connectivity index is 1.99. The van der Waals surface area contributed by atoms with Gasteiger partial charge < -0.3 is 9.57 Å². The third-order valence-corrected chi connectivity index (χ3v) is 2.35. The summed E-state index contributed by atoms with van der Waals surface area (Å²) in [5.41, 5.74) is 1.38. The molecule has 1 aromatic carbocycles. The van der Waals surface area contributed by atoms with Crippen LogP contribution in [0.2, 0.25) is 0 Å². The first kappa shape index (κ1) is 10.7. The molecule has 84 valence electrons. The van der Waals surface area contributed by atoms with E-state index in [1.54, 1.807) is 6.92 Å². The number of carbonyl (C=O) groups is 1. The van der Waals surface area contributed by atoms with Crippen molar-refractivity contribution in [1.29, 1.82) is 0 Å². The normalized spacial score (nSPS) is 18.8. The summed E-state index contributed by atoms with van der Waals surface area (Å²) in [4.78, 5) is 16.6. The highest BCUT2D eigenvalue weighted by Gasteiger charge is 2.27. The van der Waals surface area contributed by atoms with Crippen molar-refractivity contribution < 1.29 is 14.4 Å². The second kappa shape index (κ2) is 4.79. The van der Waals surface area contributed by atoms with Gasteiger partial charge in [0.15, 0.2) is 11.8 Å². The van der Waals surface area contributed by atoms with Gasteiger partial charge in [-0.05, 0) is 12.5 Å². The molecule has 1 heterocycles. The number of carbonyl (C=O) groups excluding carboxylic acids is 1. The summed E-state index contributed by atoms with van der Waals surface area (Å²) < 4.78 is 4.86. The first-order valence-corrected chi connectivity index (χ1v) is 5.26. The fourth-order valence-electron chi connectivity index (χ4n) is 1.56. The number of oxime groups is 1. The van der Waals surface area contributed by atoms with Crippen molar-refractivity contribution in [2.75, 3.05) is 6.61 Å². The zero-order valence-electron chi connectivity index (χ0n) is 9.05. The second-order valence-corrected chi connectivity index (χ2v) is 3.47. The number of rotatable bonds is 3. The molecule has 2 rings (SSSR count). The maximum atomic E-state index is 11.4. The molecule has 0 amide bonds. The van der Waals surface area contributed by atoms with Crippen LogP contribution >= 0.6 is 0 Å². The maximum absolute atomic E-state index is 11.4. The van der Waals surface area contributed by atoms with Gasteiger partial charge in [0.2, 0.25) is 0 Å². The van der Waals surface area contributed by atoms with Gasteiger partial charge in [0.05, 0.1) is 6.61 Å². The monoisotopic (exact) mass is 219 g/mol. The molecule has 0 unspecified atom stereocenters. The fourth-order valence-corrected chi connectivity index (χ4v) is 1.56. The summed E-state index contributed by atoms with van der Waals surface area (Å²) in [6.45, 7) is 2.12. The predicted octanol–water partition coefficient (Wildman–Crippen LogP) is 2.07. The molecule has 1 aliphatic rings. The van der Waals surface area contributed by atoms with E-state index in [4.69, 9.17) is 9.57 Å². The first-order chi connectivity index (χ1) is 7.81. The molecular weight excluding hydrogens is 206 g/mol. The van der Waals surface area contributed by atoms with E-state index in [0.717, 1.165) is 5.56 Å². The molecule has 1 atom stereocenters. The van der Waals surface area contributed by atoms with Crippen LogP contribution in [-0.2, 0) is 14.4 Å². The van der Waals surface area contributed by atoms with Crippen LogP contribution in [0.4, 0.5) is 0 Å². The molecule has 0 bridgehead atoms. The van der Waals surface area contributed by atoms with E-state index in [2.05, 4.69) is 5.16 Å². The Labute approximate surface area is 93.9 Å². The Bertz CT molecular complexity index is 400. The number of nitrogens with zero attached hydrogens (tertiary/aromatic N) is 1. The highest BCUT2D eigenvalue weighted by molar-refractivity contribution is 6.36. The molecule has 0 fully saturated rings. The Hall–Kier alpha value is -1.84. The number of benzene rings is 1. The lowest BCUT2D eigenvalue weighted by atomic mass is 10.0. The van der Waals surface area contributed by atoms with Crippen LogP contribution in [0.5, 0.6) is 0 Å². The van der Waals surface area contributed by atoms with Gasteiger partial charge in [0, 0.05) is 6.42 Å². The lowest BCUT2D eigenvalue weighted by molar-refractivity contribution is -0.135. The van der Waals surface area contributed by atoms with Crippen LogP contribution in [0.3, 0.4) is 0 Å². The molecule has 16 heavy (non-hydrogen) atoms. The lowest BCUT2D eigenvalue weighted by Gasteiger charge is -2.07. The van der Waals surface area contributed by atoms with E-state index in [1.165, 1.54) is 0 Å². The molecule has 0 spiro atoms. The van der Waals surface area contributed by atoms with Gasteiger partial charge in [0.25, 0.3) is 0 Å². The Morgan fingerprint density at radius 1 is 1.50 bits per heavy atom. The number of hydrogen-bond donors (Lipinski definition) is 0. The second-order valence-electron chi connectivity index (χ2n) is 3.47. The molecule has 1 aliphatic heterocycles. The van der Waals surface area contributed by atoms with Crippen molar-refractivity contribution in [1.82, 2.24) is 0 Å². The summed E-state index contributed by atoms with van der Waals surface area (Å²) >= 11 is 0. The highest BCUT2D eigenvalue weighted by Crippen LogP contribution is 2.27. The van der Waals surface area contributed by atoms with Gasteiger partial charge >= 0.3 is 5.97 Å². The quantitative estimate of drug-likeness (QED) is 0.731. The van der Waals surface area contributed by atoms with Crippen molar-refractivity contribution in [3.8, 4) is 0 Å². The van der Waals surface area contributed by atoms with Crippen LogP contribution in [0.25, 0.3) is 0 Å². The summed E-state index contributed by atoms with van der Waals surface area (Å²) in [6, 6.07) is 9.70. The third kappa shape index (κ3) is 2.21. The first-order valence-electron chi connectivity index (χ1n) is 5.26. The third-order valence-electron chi connectivity index (χ3n) is 2.35. The van der Waals surface area contributed by atoms with Crippen molar-refractivity contribution in [2.24, 2.45) is 5.16 Å². The van der Waals surface area contributed by atoms with Crippen molar-refractivity contribution in [2.45, 2.75) is 19.4 Å². The summed E-state index contributed by atoms with van der Waals surface area (Å²) in [5.74, 6) is -0.388. The van der Waals surface area contributed by atoms with Crippen molar-refractivity contribution in [3.63, 3.8) is 0 Å². The van der Waals surface area contributed by atoms with Crippen LogP contribution in [0.15, 0.2) is 35.5 Å². The van der Waals surface area contributed by atoms with Crippen molar-refractivity contribution >= 4 is 11.7 Å². The topological polar surface area (TPSA) is 47.9 Å². The molecule has 0 N–H and O–H groups in total. The van der Waals surface area contributed by atoms with Gasteiger partial charge in [-0.25, -0.2) is 4.79 Å². The minimum absolute atomic E-state index is 0.166. The van der Waals surface area contributed by atoms with Gasteiger partial charge in [-0.1, -0.05) is 35.5 Å². The zero-order valence-corrected chi connectivity index (χ0v) is 9.05. The van der Waals surface area contributed by atoms with E-state index in [-0.39, 0.29) is 12.1 Å². The Kier molecular flexibility index (Phi) is 3.19. The minimum atomic E-state index is -0.388. The van der Waals surface area contributed by atoms with E-state index in [9.17, 15) is 4.79 Å². The molecule has 0 saturated heterocycles. The molecule has 0 aromatic heterocycles. The SMILES string of the molecule is CCOC(=O)C1=NO[C@@H](c2ccccc2)C1. The minimum Gasteiger partial charge on any atom is -0.461 e. The Morgan fingerprint density at radius 3 is 2.94 bits per heavy atom. The zero-order chi connectivity index (χ0) is 11.4. The molecule has 4 nitrogen and oxygen atoms in total. The molecule has 1 aromatic rings. The number of hydrogen-bond acceptors (Lipinski definition) is 4. The standard InChI is InChI=1S/C12H13NO3/c1-2-15-12(14)10-8-11(16-13-10)9-6-4-3-5-7-9/h3-7,11H,2,8H2,1H3/t11-/m1/s1. The van der Waals surface area contributed by atoms with E-state index in [0.29, 0.717) is 18.7 Å². The molecular formula is C12H13NO3. The van der Waals surface area contributed by atoms with E-state index >= 15 is 0 Å². The molecule has 4 heteroatoms. The summed E-state index contributed by atoms with van der Waals surface area (Å²) in [7, 11) is 0. The van der Waals surface area contributed by atoms with E-state index in [1.807, 2.05) is 30.3 Å². The van der Waals surface area contributed by atoms with Crippen LogP contribution in [0.1, 0.15) is 25.0 Å². The van der Waals surface area contributed by atoms with E-state index < -0.39 is 0 Å². The molecule has 0 aliphatic carbocycles. The maximum Gasteiger partial charge on any atom is 0.356 e. The number of esters is 1. The smallest absolute Gasteiger partial charge is 0.356 e. The predicted molar refractivity (Wildman–Crippen MR) is 59.0 cm³/mol. The summed E-state index contributed by atoms with van der Waals surface area (Å²) in [6.07, 6.45) is 0.309. The van der Waals surface area contributed by atoms with Gasteiger partial charge in [-0.15, -0.1) is 0 Å². The van der Waals surface area contributed by atoms with Gasteiger partial charge in [-0.2, -0.15) is 0 Å².